The van der Waals surface area contributed by atoms with Gasteiger partial charge in [-0.3, -0.25) is 4.98 Å². The predicted octanol–water partition coefficient (Wildman–Crippen LogP) is 0.190. The Morgan fingerprint density at radius 1 is 0.800 bits per heavy atom. The van der Waals surface area contributed by atoms with E-state index in [0.29, 0.717) is 12.2 Å². The van der Waals surface area contributed by atoms with Gasteiger partial charge in [0.2, 0.25) is 0 Å². The van der Waals surface area contributed by atoms with Crippen LogP contribution in [0.4, 0.5) is 0 Å². The SMILES string of the molecule is O=C(O)C=CC(=O)O.O=C(O)c1cncc(C(=O)O)c1. The van der Waals surface area contributed by atoms with Gasteiger partial charge in [-0.25, -0.2) is 19.2 Å². The lowest BCUT2D eigenvalue weighted by atomic mass is 10.2. The molecule has 0 saturated carbocycles. The van der Waals surface area contributed by atoms with Crippen LogP contribution in [0.25, 0.3) is 0 Å². The van der Waals surface area contributed by atoms with E-state index in [1.54, 1.807) is 0 Å². The highest BCUT2D eigenvalue weighted by Crippen LogP contribution is 2.01. The fourth-order valence-electron chi connectivity index (χ4n) is 0.816. The molecule has 0 aliphatic heterocycles. The van der Waals surface area contributed by atoms with Crippen molar-refractivity contribution in [1.29, 1.82) is 0 Å². The van der Waals surface area contributed by atoms with Gasteiger partial charge in [-0.2, -0.15) is 0 Å². The predicted molar refractivity (Wildman–Crippen MR) is 62.6 cm³/mol. The zero-order valence-corrected chi connectivity index (χ0v) is 9.76. The fourth-order valence-corrected chi connectivity index (χ4v) is 0.816. The van der Waals surface area contributed by atoms with Crippen molar-refractivity contribution in [3.05, 3.63) is 41.7 Å². The molecular formula is C11H9NO8. The first kappa shape index (κ1) is 16.8. The van der Waals surface area contributed by atoms with Crippen LogP contribution < -0.4 is 0 Å². The highest BCUT2D eigenvalue weighted by atomic mass is 16.4. The molecule has 0 radical (unpaired) electrons. The Morgan fingerprint density at radius 3 is 1.40 bits per heavy atom. The largest absolute Gasteiger partial charge is 0.478 e. The standard InChI is InChI=1S/C7H5NO4.C4H4O4/c9-6(10)4-1-5(7(11)12)3-8-2-4;5-3(6)1-2-4(7)8/h1-3H,(H,9,10)(H,11,12);1-2H,(H,5,6)(H,7,8). The molecule has 1 aromatic heterocycles. The minimum atomic E-state index is -1.26. The van der Waals surface area contributed by atoms with Crippen molar-refractivity contribution in [2.24, 2.45) is 0 Å². The molecule has 20 heavy (non-hydrogen) atoms. The number of carbonyl (C=O) groups is 4. The number of nitrogens with zero attached hydrogens (tertiary/aromatic N) is 1. The smallest absolute Gasteiger partial charge is 0.337 e. The zero-order valence-electron chi connectivity index (χ0n) is 9.76. The number of aliphatic carboxylic acids is 2. The Kier molecular flexibility index (Phi) is 6.69. The molecule has 0 aliphatic rings. The van der Waals surface area contributed by atoms with Crippen LogP contribution in [0.5, 0.6) is 0 Å². The number of aromatic nitrogens is 1. The van der Waals surface area contributed by atoms with Gasteiger partial charge in [0, 0.05) is 24.5 Å². The Labute approximate surface area is 111 Å². The molecule has 0 atom stereocenters. The van der Waals surface area contributed by atoms with Crippen molar-refractivity contribution in [3.8, 4) is 0 Å². The first-order chi connectivity index (χ1) is 9.23. The van der Waals surface area contributed by atoms with Gasteiger partial charge >= 0.3 is 23.9 Å². The van der Waals surface area contributed by atoms with Crippen molar-refractivity contribution in [2.45, 2.75) is 0 Å². The summed E-state index contributed by atoms with van der Waals surface area (Å²) in [6.45, 7) is 0. The summed E-state index contributed by atoms with van der Waals surface area (Å²) in [5.74, 6) is -4.89. The summed E-state index contributed by atoms with van der Waals surface area (Å²) in [6.07, 6.45) is 3.30. The summed E-state index contributed by atoms with van der Waals surface area (Å²) in [4.78, 5) is 43.3. The van der Waals surface area contributed by atoms with Crippen LogP contribution >= 0.6 is 0 Å². The first-order valence-electron chi connectivity index (χ1n) is 4.79. The highest BCUT2D eigenvalue weighted by molar-refractivity contribution is 5.93. The molecule has 0 unspecified atom stereocenters. The molecule has 9 heteroatoms. The molecule has 0 spiro atoms. The van der Waals surface area contributed by atoms with Crippen LogP contribution in [-0.4, -0.2) is 49.3 Å². The second-order valence-corrected chi connectivity index (χ2v) is 3.08. The van der Waals surface area contributed by atoms with E-state index >= 15 is 0 Å². The molecule has 4 N–H and O–H groups in total. The summed E-state index contributed by atoms with van der Waals surface area (Å²) in [7, 11) is 0. The molecule has 0 fully saturated rings. The quantitative estimate of drug-likeness (QED) is 0.565. The molecule has 0 bridgehead atoms. The normalized spacial score (nSPS) is 9.40. The topological polar surface area (TPSA) is 162 Å². The van der Waals surface area contributed by atoms with Crippen LogP contribution in [-0.2, 0) is 9.59 Å². The molecular weight excluding hydrogens is 274 g/mol. The van der Waals surface area contributed by atoms with Gasteiger partial charge < -0.3 is 20.4 Å². The van der Waals surface area contributed by atoms with E-state index < -0.39 is 23.9 Å². The molecule has 1 heterocycles. The molecule has 9 nitrogen and oxygen atoms in total. The zero-order chi connectivity index (χ0) is 15.7. The third-order valence-corrected chi connectivity index (χ3v) is 1.60. The number of hydrogen-bond donors (Lipinski definition) is 4. The molecule has 1 aromatic rings. The Bertz CT molecular complexity index is 518. The highest BCUT2D eigenvalue weighted by Gasteiger charge is 2.07. The number of aromatic carboxylic acids is 2. The van der Waals surface area contributed by atoms with Crippen molar-refractivity contribution in [2.75, 3.05) is 0 Å². The third-order valence-electron chi connectivity index (χ3n) is 1.60. The Balaban J connectivity index is 0.000000396. The molecule has 0 aliphatic carbocycles. The third kappa shape index (κ3) is 7.17. The maximum absolute atomic E-state index is 10.3. The van der Waals surface area contributed by atoms with E-state index in [0.717, 1.165) is 18.5 Å². The average Bonchev–Trinajstić information content (AvgIpc) is 2.37. The Hall–Kier alpha value is -3.23. The molecule has 0 aromatic carbocycles. The van der Waals surface area contributed by atoms with E-state index in [9.17, 15) is 19.2 Å². The fraction of sp³-hybridized carbons (Fsp3) is 0. The van der Waals surface area contributed by atoms with Crippen molar-refractivity contribution in [3.63, 3.8) is 0 Å². The van der Waals surface area contributed by atoms with Gasteiger partial charge in [-0.15, -0.1) is 0 Å². The van der Waals surface area contributed by atoms with Crippen molar-refractivity contribution >= 4 is 23.9 Å². The lowest BCUT2D eigenvalue weighted by molar-refractivity contribution is -0.134. The van der Waals surface area contributed by atoms with Crippen LogP contribution in [0.3, 0.4) is 0 Å². The van der Waals surface area contributed by atoms with Gasteiger partial charge in [0.15, 0.2) is 0 Å². The van der Waals surface area contributed by atoms with Gasteiger partial charge in [0.05, 0.1) is 11.1 Å². The average molecular weight is 283 g/mol. The minimum Gasteiger partial charge on any atom is -0.478 e. The van der Waals surface area contributed by atoms with Crippen LogP contribution in [0.15, 0.2) is 30.6 Å². The van der Waals surface area contributed by atoms with E-state index in [2.05, 4.69) is 4.98 Å². The minimum absolute atomic E-state index is 0.130. The van der Waals surface area contributed by atoms with Crippen molar-refractivity contribution in [1.82, 2.24) is 4.98 Å². The van der Waals surface area contributed by atoms with E-state index in [-0.39, 0.29) is 11.1 Å². The number of hydrogen-bond acceptors (Lipinski definition) is 5. The van der Waals surface area contributed by atoms with Crippen molar-refractivity contribution < 1.29 is 39.6 Å². The summed E-state index contributed by atoms with van der Waals surface area (Å²) in [6, 6.07) is 1.05. The van der Waals surface area contributed by atoms with Crippen LogP contribution in [0.1, 0.15) is 20.7 Å². The second-order valence-electron chi connectivity index (χ2n) is 3.08. The lowest BCUT2D eigenvalue weighted by Crippen LogP contribution is -2.02. The van der Waals surface area contributed by atoms with Crippen LogP contribution in [0, 0.1) is 0 Å². The van der Waals surface area contributed by atoms with Gasteiger partial charge in [-0.05, 0) is 6.07 Å². The summed E-state index contributed by atoms with van der Waals surface area (Å²) in [5, 5.41) is 32.5. The maximum Gasteiger partial charge on any atom is 0.337 e. The summed E-state index contributed by atoms with van der Waals surface area (Å²) < 4.78 is 0. The van der Waals surface area contributed by atoms with Gasteiger partial charge in [0.1, 0.15) is 0 Å². The first-order valence-corrected chi connectivity index (χ1v) is 4.79. The van der Waals surface area contributed by atoms with Gasteiger partial charge in [-0.1, -0.05) is 0 Å². The molecule has 1 rings (SSSR count). The van der Waals surface area contributed by atoms with E-state index in [1.165, 1.54) is 0 Å². The number of pyridine rings is 1. The number of carboxylic acids is 4. The van der Waals surface area contributed by atoms with Crippen LogP contribution in [0.2, 0.25) is 0 Å². The number of carboxylic acid groups (broad SMARTS) is 4. The van der Waals surface area contributed by atoms with E-state index in [1.807, 2.05) is 0 Å². The monoisotopic (exact) mass is 283 g/mol. The summed E-state index contributed by atoms with van der Waals surface area (Å²) >= 11 is 0. The van der Waals surface area contributed by atoms with Gasteiger partial charge in [0.25, 0.3) is 0 Å². The lowest BCUT2D eigenvalue weighted by Gasteiger charge is -1.94. The molecule has 0 saturated heterocycles. The van der Waals surface area contributed by atoms with E-state index in [4.69, 9.17) is 20.4 Å². The number of rotatable bonds is 4. The molecule has 0 amide bonds. The Morgan fingerprint density at radius 2 is 1.15 bits per heavy atom. The summed E-state index contributed by atoms with van der Waals surface area (Å²) in [5.41, 5.74) is -0.259. The maximum atomic E-state index is 10.3. The molecule has 106 valence electrons. The second kappa shape index (κ2) is 7.97.